The smallest absolute Gasteiger partial charge is 0.353 e. The molecule has 4 rings (SSSR count). The summed E-state index contributed by atoms with van der Waals surface area (Å²) in [5.74, 6) is 0.410. The van der Waals surface area contributed by atoms with Crippen LogP contribution >= 0.6 is 0 Å². The van der Waals surface area contributed by atoms with Gasteiger partial charge in [0.1, 0.15) is 5.82 Å². The maximum absolute atomic E-state index is 12.7. The summed E-state index contributed by atoms with van der Waals surface area (Å²) < 4.78 is 42.1. The van der Waals surface area contributed by atoms with Crippen LogP contribution in [0.3, 0.4) is 0 Å². The lowest BCUT2D eigenvalue weighted by Gasteiger charge is -2.35. The van der Waals surface area contributed by atoms with E-state index in [1.807, 2.05) is 4.90 Å². The summed E-state index contributed by atoms with van der Waals surface area (Å²) in [5.41, 5.74) is -1.07. The molecule has 0 radical (unpaired) electrons. The number of carbonyl (C=O) groups excluding carboxylic acids is 1. The second-order valence-electron chi connectivity index (χ2n) is 8.19. The van der Waals surface area contributed by atoms with Gasteiger partial charge in [-0.05, 0) is 18.6 Å². The van der Waals surface area contributed by atoms with Crippen molar-refractivity contribution in [1.82, 2.24) is 28.6 Å². The van der Waals surface area contributed by atoms with Gasteiger partial charge in [-0.2, -0.15) is 13.2 Å². The van der Waals surface area contributed by atoms with Gasteiger partial charge < -0.3 is 14.4 Å². The van der Waals surface area contributed by atoms with Gasteiger partial charge in [0, 0.05) is 59.4 Å². The molecule has 4 heterocycles. The largest absolute Gasteiger partial charge is 0.417 e. The van der Waals surface area contributed by atoms with E-state index in [1.54, 1.807) is 16.5 Å². The van der Waals surface area contributed by atoms with Crippen LogP contribution in [0.4, 0.5) is 19.0 Å². The van der Waals surface area contributed by atoms with Crippen LogP contribution in [-0.2, 0) is 31.6 Å². The first kappa shape index (κ1) is 23.5. The Labute approximate surface area is 191 Å². The number of aryl methyl sites for hydroxylation is 2. The Bertz CT molecular complexity index is 1320. The van der Waals surface area contributed by atoms with Crippen LogP contribution < -0.4 is 16.1 Å². The number of aromatic nitrogens is 5. The number of nitrogens with zero attached hydrogens (tertiary/aromatic N) is 7. The van der Waals surface area contributed by atoms with E-state index in [1.165, 1.54) is 24.0 Å². The van der Waals surface area contributed by atoms with Gasteiger partial charge in [0.05, 0.1) is 11.9 Å². The topological polar surface area (TPSA) is 98.3 Å². The standard InChI is InChI=1S/C21H24F3N7O3/c1-27-18-17(19(33)28(2)20(27)34)31(13-26-18)7-3-4-16(32)30-10-8-29(9-11-30)15-6-5-14(12-25-15)21(22,23)24/h5-6,12-13H,3-4,7-11H2,1-2H3. The molecule has 0 atom stereocenters. The molecule has 13 heteroatoms. The predicted octanol–water partition coefficient (Wildman–Crippen LogP) is 0.976. The lowest BCUT2D eigenvalue weighted by Crippen LogP contribution is -2.49. The Kier molecular flexibility index (Phi) is 6.19. The Morgan fingerprint density at radius 1 is 1.03 bits per heavy atom. The molecule has 0 spiro atoms. The van der Waals surface area contributed by atoms with Gasteiger partial charge in [0.15, 0.2) is 11.2 Å². The third kappa shape index (κ3) is 4.41. The van der Waals surface area contributed by atoms with E-state index >= 15 is 0 Å². The maximum atomic E-state index is 12.7. The molecular formula is C21H24F3N7O3. The molecule has 0 N–H and O–H groups in total. The van der Waals surface area contributed by atoms with Crippen LogP contribution in [0, 0.1) is 0 Å². The SMILES string of the molecule is Cn1c(=O)c2c(ncn2CCCC(=O)N2CCN(c3ccc(C(F)(F)F)cn3)CC2)n(C)c1=O. The van der Waals surface area contributed by atoms with E-state index in [2.05, 4.69) is 9.97 Å². The summed E-state index contributed by atoms with van der Waals surface area (Å²) in [6.07, 6.45) is -1.37. The number of rotatable bonds is 5. The molecule has 0 aliphatic carbocycles. The highest BCUT2D eigenvalue weighted by Gasteiger charge is 2.31. The second-order valence-corrected chi connectivity index (χ2v) is 8.19. The molecule has 1 amide bonds. The number of halogens is 3. The van der Waals surface area contributed by atoms with Crippen molar-refractivity contribution in [3.05, 3.63) is 51.1 Å². The third-order valence-electron chi connectivity index (χ3n) is 6.04. The molecule has 1 saturated heterocycles. The molecule has 0 unspecified atom stereocenters. The Morgan fingerprint density at radius 2 is 1.74 bits per heavy atom. The predicted molar refractivity (Wildman–Crippen MR) is 117 cm³/mol. The Balaban J connectivity index is 1.31. The Hall–Kier alpha value is -3.64. The highest BCUT2D eigenvalue weighted by atomic mass is 19.4. The summed E-state index contributed by atoms with van der Waals surface area (Å²) in [5, 5.41) is 0. The summed E-state index contributed by atoms with van der Waals surface area (Å²) in [7, 11) is 2.95. The van der Waals surface area contributed by atoms with E-state index in [-0.39, 0.29) is 12.3 Å². The van der Waals surface area contributed by atoms with Crippen molar-refractivity contribution in [1.29, 1.82) is 0 Å². The van der Waals surface area contributed by atoms with Crippen molar-refractivity contribution in [2.24, 2.45) is 14.1 Å². The first-order valence-electron chi connectivity index (χ1n) is 10.7. The molecular weight excluding hydrogens is 455 g/mol. The number of anilines is 1. The number of fused-ring (bicyclic) bond motifs is 1. The van der Waals surface area contributed by atoms with Crippen LogP contribution in [-0.4, -0.2) is 60.7 Å². The summed E-state index contributed by atoms with van der Waals surface area (Å²) >= 11 is 0. The summed E-state index contributed by atoms with van der Waals surface area (Å²) in [6, 6.07) is 2.35. The van der Waals surface area contributed by atoms with Gasteiger partial charge in [-0.25, -0.2) is 14.8 Å². The highest BCUT2D eigenvalue weighted by Crippen LogP contribution is 2.29. The van der Waals surface area contributed by atoms with E-state index < -0.39 is 23.0 Å². The van der Waals surface area contributed by atoms with Crippen molar-refractivity contribution in [2.75, 3.05) is 31.1 Å². The lowest BCUT2D eigenvalue weighted by atomic mass is 10.2. The molecule has 3 aromatic rings. The quantitative estimate of drug-likeness (QED) is 0.541. The second kappa shape index (κ2) is 8.95. The zero-order chi connectivity index (χ0) is 24.6. The Morgan fingerprint density at radius 3 is 2.35 bits per heavy atom. The molecule has 1 aliphatic heterocycles. The third-order valence-corrected chi connectivity index (χ3v) is 6.04. The van der Waals surface area contributed by atoms with E-state index in [9.17, 15) is 27.6 Å². The van der Waals surface area contributed by atoms with Crippen LogP contribution in [0.5, 0.6) is 0 Å². The lowest BCUT2D eigenvalue weighted by molar-refractivity contribution is -0.138. The van der Waals surface area contributed by atoms with Gasteiger partial charge in [-0.15, -0.1) is 0 Å². The van der Waals surface area contributed by atoms with Gasteiger partial charge in [0.2, 0.25) is 5.91 Å². The van der Waals surface area contributed by atoms with Gasteiger partial charge in [-0.3, -0.25) is 18.7 Å². The molecule has 1 aliphatic rings. The minimum Gasteiger partial charge on any atom is -0.353 e. The van der Waals surface area contributed by atoms with E-state index in [4.69, 9.17) is 0 Å². The van der Waals surface area contributed by atoms with Crippen LogP contribution in [0.15, 0.2) is 34.2 Å². The van der Waals surface area contributed by atoms with Crippen molar-refractivity contribution in [3.8, 4) is 0 Å². The van der Waals surface area contributed by atoms with Crippen molar-refractivity contribution >= 4 is 22.9 Å². The number of imidazole rings is 1. The molecule has 0 aromatic carbocycles. The fourth-order valence-corrected chi connectivity index (χ4v) is 4.05. The normalized spacial score (nSPS) is 14.7. The van der Waals surface area contributed by atoms with Gasteiger partial charge >= 0.3 is 11.9 Å². The molecule has 1 fully saturated rings. The first-order chi connectivity index (χ1) is 16.1. The van der Waals surface area contributed by atoms with Crippen LogP contribution in [0.1, 0.15) is 18.4 Å². The zero-order valence-electron chi connectivity index (χ0n) is 18.7. The van der Waals surface area contributed by atoms with Crippen LogP contribution in [0.2, 0.25) is 0 Å². The average molecular weight is 479 g/mol. The minimum atomic E-state index is -4.43. The fourth-order valence-electron chi connectivity index (χ4n) is 4.05. The molecule has 3 aromatic heterocycles. The number of hydrogen-bond donors (Lipinski definition) is 0. The van der Waals surface area contributed by atoms with E-state index in [0.717, 1.165) is 16.8 Å². The van der Waals surface area contributed by atoms with Crippen molar-refractivity contribution in [2.45, 2.75) is 25.6 Å². The van der Waals surface area contributed by atoms with Gasteiger partial charge in [0.25, 0.3) is 5.56 Å². The highest BCUT2D eigenvalue weighted by molar-refractivity contribution is 5.76. The zero-order valence-corrected chi connectivity index (χ0v) is 18.7. The number of carbonyl (C=O) groups is 1. The monoisotopic (exact) mass is 479 g/mol. The average Bonchev–Trinajstić information content (AvgIpc) is 3.25. The number of piperazine rings is 1. The van der Waals surface area contributed by atoms with Gasteiger partial charge in [-0.1, -0.05) is 0 Å². The number of pyridine rings is 1. The maximum Gasteiger partial charge on any atom is 0.417 e. The molecule has 182 valence electrons. The van der Waals surface area contributed by atoms with Crippen molar-refractivity contribution in [3.63, 3.8) is 0 Å². The number of alkyl halides is 3. The molecule has 34 heavy (non-hydrogen) atoms. The fraction of sp³-hybridized carbons (Fsp3) is 0.476. The number of hydrogen-bond acceptors (Lipinski definition) is 6. The van der Waals surface area contributed by atoms with Crippen LogP contribution in [0.25, 0.3) is 11.2 Å². The molecule has 0 bridgehead atoms. The van der Waals surface area contributed by atoms with E-state index in [0.29, 0.717) is 56.1 Å². The number of amides is 1. The summed E-state index contributed by atoms with van der Waals surface area (Å²) in [6.45, 7) is 2.22. The molecule has 10 nitrogen and oxygen atoms in total. The van der Waals surface area contributed by atoms with Crippen molar-refractivity contribution < 1.29 is 18.0 Å². The molecule has 0 saturated carbocycles. The summed E-state index contributed by atoms with van der Waals surface area (Å²) in [4.78, 5) is 48.8. The minimum absolute atomic E-state index is 0.0373. The first-order valence-corrected chi connectivity index (χ1v) is 10.7.